The number of amides is 1. The van der Waals surface area contributed by atoms with Crippen LogP contribution >= 0.6 is 11.6 Å². The van der Waals surface area contributed by atoms with Crippen molar-refractivity contribution in [3.8, 4) is 0 Å². The Bertz CT molecular complexity index is 616. The van der Waals surface area contributed by atoms with Crippen LogP contribution in [0.1, 0.15) is 30.1 Å². The first-order chi connectivity index (χ1) is 9.99. The number of rotatable bonds is 5. The molecule has 0 bridgehead atoms. The SMILES string of the molecule is CC(CNC1CC1)CN1C(=O)C(=O)c2c(Cl)ccc(F)c21. The number of hydrogen-bond acceptors (Lipinski definition) is 3. The van der Waals surface area contributed by atoms with E-state index in [1.54, 1.807) is 0 Å². The molecule has 21 heavy (non-hydrogen) atoms. The lowest BCUT2D eigenvalue weighted by Crippen LogP contribution is -2.37. The van der Waals surface area contributed by atoms with Gasteiger partial charge in [0.1, 0.15) is 5.82 Å². The van der Waals surface area contributed by atoms with Crippen molar-refractivity contribution in [2.24, 2.45) is 5.92 Å². The van der Waals surface area contributed by atoms with Gasteiger partial charge in [0.15, 0.2) is 0 Å². The van der Waals surface area contributed by atoms with Gasteiger partial charge in [-0.2, -0.15) is 0 Å². The van der Waals surface area contributed by atoms with E-state index in [2.05, 4.69) is 5.32 Å². The Morgan fingerprint density at radius 3 is 2.81 bits per heavy atom. The van der Waals surface area contributed by atoms with E-state index in [1.165, 1.54) is 29.9 Å². The monoisotopic (exact) mass is 310 g/mol. The Morgan fingerprint density at radius 1 is 1.43 bits per heavy atom. The van der Waals surface area contributed by atoms with Crippen molar-refractivity contribution in [1.29, 1.82) is 0 Å². The molecule has 4 nitrogen and oxygen atoms in total. The number of benzene rings is 1. The van der Waals surface area contributed by atoms with Crippen molar-refractivity contribution in [3.63, 3.8) is 0 Å². The number of ketones is 1. The highest BCUT2D eigenvalue weighted by Crippen LogP contribution is 2.36. The molecule has 0 spiro atoms. The molecule has 0 radical (unpaired) electrons. The van der Waals surface area contributed by atoms with Gasteiger partial charge < -0.3 is 10.2 Å². The molecule has 1 atom stereocenters. The molecule has 2 aliphatic rings. The second-order valence-corrected chi connectivity index (χ2v) is 6.19. The van der Waals surface area contributed by atoms with Crippen molar-refractivity contribution in [2.45, 2.75) is 25.8 Å². The molecule has 1 N–H and O–H groups in total. The Labute approximate surface area is 127 Å². The molecule has 1 fully saturated rings. The Hall–Kier alpha value is -1.46. The van der Waals surface area contributed by atoms with Crippen LogP contribution in [0.15, 0.2) is 12.1 Å². The normalized spacial score (nSPS) is 19.1. The Balaban J connectivity index is 1.81. The third-order valence-corrected chi connectivity index (χ3v) is 4.16. The van der Waals surface area contributed by atoms with Gasteiger partial charge in [-0.25, -0.2) is 4.39 Å². The molecule has 1 amide bonds. The van der Waals surface area contributed by atoms with Gasteiger partial charge in [0.25, 0.3) is 11.7 Å². The summed E-state index contributed by atoms with van der Waals surface area (Å²) in [6, 6.07) is 3.07. The van der Waals surface area contributed by atoms with E-state index < -0.39 is 17.5 Å². The fourth-order valence-electron chi connectivity index (χ4n) is 2.56. The number of nitrogens with one attached hydrogen (secondary N) is 1. The standard InChI is InChI=1S/C15H16ClFN2O2/c1-8(6-18-9-2-3-9)7-19-13-11(17)5-4-10(16)12(13)14(20)15(19)21/h4-5,8-9,18H,2-3,6-7H2,1H3. The van der Waals surface area contributed by atoms with Crippen LogP contribution in [0.2, 0.25) is 5.02 Å². The Morgan fingerprint density at radius 2 is 2.14 bits per heavy atom. The molecule has 112 valence electrons. The number of anilines is 1. The van der Waals surface area contributed by atoms with E-state index in [-0.39, 0.29) is 22.2 Å². The number of nitrogens with zero attached hydrogens (tertiary/aromatic N) is 1. The third kappa shape index (κ3) is 2.68. The van der Waals surface area contributed by atoms with Crippen LogP contribution in [0.4, 0.5) is 10.1 Å². The lowest BCUT2D eigenvalue weighted by Gasteiger charge is -2.22. The smallest absolute Gasteiger partial charge is 0.299 e. The van der Waals surface area contributed by atoms with Gasteiger partial charge in [-0.1, -0.05) is 18.5 Å². The van der Waals surface area contributed by atoms with Crippen molar-refractivity contribution in [2.75, 3.05) is 18.0 Å². The molecule has 1 aromatic carbocycles. The highest BCUT2D eigenvalue weighted by Gasteiger charge is 2.40. The number of hydrogen-bond donors (Lipinski definition) is 1. The van der Waals surface area contributed by atoms with Crippen molar-refractivity contribution < 1.29 is 14.0 Å². The van der Waals surface area contributed by atoms with Crippen LogP contribution in [-0.4, -0.2) is 30.8 Å². The number of halogens is 2. The van der Waals surface area contributed by atoms with Gasteiger partial charge >= 0.3 is 0 Å². The zero-order valence-electron chi connectivity index (χ0n) is 11.7. The summed E-state index contributed by atoms with van der Waals surface area (Å²) in [5, 5.41) is 3.48. The molecule has 0 aromatic heterocycles. The summed E-state index contributed by atoms with van der Waals surface area (Å²) in [6.45, 7) is 3.00. The molecular weight excluding hydrogens is 295 g/mol. The van der Waals surface area contributed by atoms with Gasteiger partial charge in [-0.15, -0.1) is 0 Å². The molecule has 1 aliphatic carbocycles. The van der Waals surface area contributed by atoms with Crippen LogP contribution in [0.25, 0.3) is 0 Å². The summed E-state index contributed by atoms with van der Waals surface area (Å²) in [6.07, 6.45) is 2.36. The van der Waals surface area contributed by atoms with Crippen molar-refractivity contribution >= 4 is 29.0 Å². The van der Waals surface area contributed by atoms with E-state index in [9.17, 15) is 14.0 Å². The number of fused-ring (bicyclic) bond motifs is 1. The van der Waals surface area contributed by atoms with Gasteiger partial charge in [-0.05, 0) is 37.4 Å². The van der Waals surface area contributed by atoms with Gasteiger partial charge in [0.2, 0.25) is 0 Å². The maximum absolute atomic E-state index is 14.0. The summed E-state index contributed by atoms with van der Waals surface area (Å²) >= 11 is 5.94. The predicted molar refractivity (Wildman–Crippen MR) is 78.3 cm³/mol. The van der Waals surface area contributed by atoms with Crippen LogP contribution in [0, 0.1) is 11.7 Å². The topological polar surface area (TPSA) is 49.4 Å². The maximum atomic E-state index is 14.0. The van der Waals surface area contributed by atoms with Crippen LogP contribution in [0.5, 0.6) is 0 Å². The van der Waals surface area contributed by atoms with Crippen molar-refractivity contribution in [1.82, 2.24) is 5.32 Å². The molecule has 6 heteroatoms. The summed E-state index contributed by atoms with van der Waals surface area (Å²) in [5.74, 6) is -1.89. The second kappa shape index (κ2) is 5.39. The van der Waals surface area contributed by atoms with Gasteiger partial charge in [0, 0.05) is 12.6 Å². The lowest BCUT2D eigenvalue weighted by molar-refractivity contribution is -0.114. The van der Waals surface area contributed by atoms with Gasteiger partial charge in [0.05, 0.1) is 16.3 Å². The minimum Gasteiger partial charge on any atom is -0.314 e. The zero-order chi connectivity index (χ0) is 15.1. The number of carbonyl (C=O) groups is 2. The zero-order valence-corrected chi connectivity index (χ0v) is 12.4. The molecular formula is C15H16ClFN2O2. The molecule has 3 rings (SSSR count). The quantitative estimate of drug-likeness (QED) is 0.850. The summed E-state index contributed by atoms with van der Waals surface area (Å²) in [7, 11) is 0. The highest BCUT2D eigenvalue weighted by atomic mass is 35.5. The summed E-state index contributed by atoms with van der Waals surface area (Å²) < 4.78 is 14.0. The van der Waals surface area contributed by atoms with E-state index in [0.29, 0.717) is 12.6 Å². The Kier molecular flexibility index (Phi) is 3.71. The first kappa shape index (κ1) is 14.5. The fraction of sp³-hybridized carbons (Fsp3) is 0.467. The van der Waals surface area contributed by atoms with E-state index in [0.717, 1.165) is 6.54 Å². The van der Waals surface area contributed by atoms with Crippen LogP contribution < -0.4 is 10.2 Å². The first-order valence-corrected chi connectivity index (χ1v) is 7.44. The minimum absolute atomic E-state index is 0.0102. The highest BCUT2D eigenvalue weighted by molar-refractivity contribution is 6.55. The number of Topliss-reactive ketones (excluding diaryl/α,β-unsaturated/α-hetero) is 1. The third-order valence-electron chi connectivity index (χ3n) is 3.84. The van der Waals surface area contributed by atoms with Crippen molar-refractivity contribution in [3.05, 3.63) is 28.5 Å². The molecule has 1 saturated carbocycles. The van der Waals surface area contributed by atoms with E-state index >= 15 is 0 Å². The summed E-state index contributed by atoms with van der Waals surface area (Å²) in [4.78, 5) is 25.3. The van der Waals surface area contributed by atoms with E-state index in [4.69, 9.17) is 11.6 Å². The molecule has 1 aromatic rings. The first-order valence-electron chi connectivity index (χ1n) is 7.06. The van der Waals surface area contributed by atoms with E-state index in [1.807, 2.05) is 6.92 Å². The average Bonchev–Trinajstić information content (AvgIpc) is 3.24. The molecule has 1 heterocycles. The van der Waals surface area contributed by atoms with Crippen LogP contribution in [-0.2, 0) is 4.79 Å². The minimum atomic E-state index is -0.725. The number of carbonyl (C=O) groups excluding carboxylic acids is 2. The molecule has 1 unspecified atom stereocenters. The second-order valence-electron chi connectivity index (χ2n) is 5.79. The largest absolute Gasteiger partial charge is 0.314 e. The molecule has 0 saturated heterocycles. The lowest BCUT2D eigenvalue weighted by atomic mass is 10.1. The van der Waals surface area contributed by atoms with Crippen LogP contribution in [0.3, 0.4) is 0 Å². The molecule has 1 aliphatic heterocycles. The summed E-state index contributed by atoms with van der Waals surface area (Å²) in [5.41, 5.74) is 0.0137. The average molecular weight is 311 g/mol. The fourth-order valence-corrected chi connectivity index (χ4v) is 2.80. The van der Waals surface area contributed by atoms with Gasteiger partial charge in [-0.3, -0.25) is 9.59 Å². The predicted octanol–water partition coefficient (Wildman–Crippen LogP) is 2.40. The maximum Gasteiger partial charge on any atom is 0.299 e.